The van der Waals surface area contributed by atoms with Crippen LogP contribution in [0.3, 0.4) is 0 Å². The monoisotopic (exact) mass is 322 g/mol. The molecule has 1 saturated carbocycles. The molecule has 1 unspecified atom stereocenters. The van der Waals surface area contributed by atoms with Crippen molar-refractivity contribution in [1.29, 1.82) is 0 Å². The van der Waals surface area contributed by atoms with Crippen molar-refractivity contribution in [2.75, 3.05) is 19.6 Å². The maximum absolute atomic E-state index is 5.97. The second-order valence-electron chi connectivity index (χ2n) is 7.11. The third-order valence-corrected chi connectivity index (χ3v) is 5.12. The van der Waals surface area contributed by atoms with Gasteiger partial charge >= 0.3 is 0 Å². The van der Waals surface area contributed by atoms with E-state index < -0.39 is 0 Å². The first-order chi connectivity index (χ1) is 11.8. The Balaban J connectivity index is 1.38. The fourth-order valence-electron chi connectivity index (χ4n) is 3.60. The Morgan fingerprint density at radius 1 is 0.958 bits per heavy atom. The molecule has 1 saturated heterocycles. The Morgan fingerprint density at radius 2 is 1.75 bits per heavy atom. The molecule has 126 valence electrons. The minimum absolute atomic E-state index is 0.623. The second-order valence-corrected chi connectivity index (χ2v) is 7.11. The highest BCUT2D eigenvalue weighted by Gasteiger charge is 2.33. The Bertz CT molecular complexity index is 669. The van der Waals surface area contributed by atoms with Gasteiger partial charge in [0.2, 0.25) is 0 Å². The molecule has 2 aromatic rings. The summed E-state index contributed by atoms with van der Waals surface area (Å²) in [5, 5.41) is 0. The summed E-state index contributed by atoms with van der Waals surface area (Å²) in [5.74, 6) is 1.81. The van der Waals surface area contributed by atoms with Crippen LogP contribution in [0, 0.1) is 0 Å². The first kappa shape index (κ1) is 15.7. The zero-order valence-electron chi connectivity index (χ0n) is 14.4. The van der Waals surface area contributed by atoms with Crippen LogP contribution in [-0.2, 0) is 6.54 Å². The SMILES string of the molecule is CC1CN(C2CC2)CCN1Cc1cccc(Oc2ccccc2)c1. The zero-order valence-corrected chi connectivity index (χ0v) is 14.4. The van der Waals surface area contributed by atoms with Crippen LogP contribution in [-0.4, -0.2) is 41.5 Å². The quantitative estimate of drug-likeness (QED) is 0.822. The van der Waals surface area contributed by atoms with Crippen molar-refractivity contribution in [2.24, 2.45) is 0 Å². The van der Waals surface area contributed by atoms with E-state index in [-0.39, 0.29) is 0 Å². The lowest BCUT2D eigenvalue weighted by Gasteiger charge is -2.40. The van der Waals surface area contributed by atoms with E-state index in [0.29, 0.717) is 6.04 Å². The highest BCUT2D eigenvalue weighted by molar-refractivity contribution is 5.33. The maximum Gasteiger partial charge on any atom is 0.127 e. The average Bonchev–Trinajstić information content (AvgIpc) is 3.43. The van der Waals surface area contributed by atoms with E-state index in [0.717, 1.165) is 24.1 Å². The van der Waals surface area contributed by atoms with Gasteiger partial charge in [-0.2, -0.15) is 0 Å². The number of piperazine rings is 1. The van der Waals surface area contributed by atoms with Gasteiger partial charge in [-0.25, -0.2) is 0 Å². The molecule has 1 aliphatic carbocycles. The van der Waals surface area contributed by atoms with E-state index in [2.05, 4.69) is 34.9 Å². The van der Waals surface area contributed by atoms with Crippen molar-refractivity contribution in [2.45, 2.75) is 38.4 Å². The molecule has 4 rings (SSSR count). The number of para-hydroxylation sites is 1. The van der Waals surface area contributed by atoms with E-state index in [4.69, 9.17) is 4.74 Å². The van der Waals surface area contributed by atoms with Gasteiger partial charge in [0.1, 0.15) is 11.5 Å². The van der Waals surface area contributed by atoms with Gasteiger partial charge in [-0.1, -0.05) is 30.3 Å². The molecule has 1 atom stereocenters. The van der Waals surface area contributed by atoms with Crippen LogP contribution < -0.4 is 4.74 Å². The predicted octanol–water partition coefficient (Wildman–Crippen LogP) is 4.15. The molecule has 2 aliphatic rings. The van der Waals surface area contributed by atoms with Crippen molar-refractivity contribution in [3.05, 3.63) is 60.2 Å². The molecule has 0 aromatic heterocycles. The lowest BCUT2D eigenvalue weighted by molar-refractivity contribution is 0.0729. The molecule has 3 heteroatoms. The first-order valence-electron chi connectivity index (χ1n) is 9.08. The van der Waals surface area contributed by atoms with Crippen LogP contribution in [0.4, 0.5) is 0 Å². The number of hydrogen-bond acceptors (Lipinski definition) is 3. The Hall–Kier alpha value is -1.84. The van der Waals surface area contributed by atoms with Gasteiger partial charge in [0.15, 0.2) is 0 Å². The Morgan fingerprint density at radius 3 is 2.50 bits per heavy atom. The molecular weight excluding hydrogens is 296 g/mol. The fourth-order valence-corrected chi connectivity index (χ4v) is 3.60. The topological polar surface area (TPSA) is 15.7 Å². The van der Waals surface area contributed by atoms with E-state index in [9.17, 15) is 0 Å². The molecular formula is C21H26N2O. The molecule has 24 heavy (non-hydrogen) atoms. The smallest absolute Gasteiger partial charge is 0.127 e. The van der Waals surface area contributed by atoms with Gasteiger partial charge in [0, 0.05) is 38.3 Å². The first-order valence-corrected chi connectivity index (χ1v) is 9.08. The Kier molecular flexibility index (Phi) is 4.54. The second kappa shape index (κ2) is 6.96. The third-order valence-electron chi connectivity index (χ3n) is 5.12. The summed E-state index contributed by atoms with van der Waals surface area (Å²) in [5.41, 5.74) is 1.33. The van der Waals surface area contributed by atoms with Crippen LogP contribution in [0.15, 0.2) is 54.6 Å². The molecule has 0 radical (unpaired) electrons. The van der Waals surface area contributed by atoms with Gasteiger partial charge in [0.25, 0.3) is 0 Å². The van der Waals surface area contributed by atoms with Gasteiger partial charge < -0.3 is 4.74 Å². The number of benzene rings is 2. The fraction of sp³-hybridized carbons (Fsp3) is 0.429. The Labute approximate surface area is 144 Å². The van der Waals surface area contributed by atoms with Crippen LogP contribution >= 0.6 is 0 Å². The molecule has 1 heterocycles. The van der Waals surface area contributed by atoms with Crippen LogP contribution in [0.2, 0.25) is 0 Å². The minimum atomic E-state index is 0.623. The van der Waals surface area contributed by atoms with Crippen LogP contribution in [0.5, 0.6) is 11.5 Å². The number of hydrogen-bond donors (Lipinski definition) is 0. The standard InChI is InChI=1S/C21H26N2O/c1-17-15-23(19-10-11-19)13-12-22(17)16-18-6-5-9-21(14-18)24-20-7-3-2-4-8-20/h2-9,14,17,19H,10-13,15-16H2,1H3. The lowest BCUT2D eigenvalue weighted by atomic mass is 10.1. The predicted molar refractivity (Wildman–Crippen MR) is 97.4 cm³/mol. The maximum atomic E-state index is 5.97. The number of ether oxygens (including phenoxy) is 1. The van der Waals surface area contributed by atoms with Gasteiger partial charge in [0.05, 0.1) is 0 Å². The van der Waals surface area contributed by atoms with Gasteiger partial charge in [-0.05, 0) is 49.6 Å². The number of nitrogens with zero attached hydrogens (tertiary/aromatic N) is 2. The molecule has 3 nitrogen and oxygen atoms in total. The molecule has 0 N–H and O–H groups in total. The average molecular weight is 322 g/mol. The summed E-state index contributed by atoms with van der Waals surface area (Å²) in [4.78, 5) is 5.27. The molecule has 2 aromatic carbocycles. The van der Waals surface area contributed by atoms with E-state index in [1.54, 1.807) is 0 Å². The van der Waals surface area contributed by atoms with E-state index in [1.165, 1.54) is 38.0 Å². The van der Waals surface area contributed by atoms with E-state index in [1.807, 2.05) is 36.4 Å². The third kappa shape index (κ3) is 3.80. The van der Waals surface area contributed by atoms with E-state index >= 15 is 0 Å². The van der Waals surface area contributed by atoms with Crippen LogP contribution in [0.25, 0.3) is 0 Å². The number of rotatable bonds is 5. The van der Waals surface area contributed by atoms with Gasteiger partial charge in [-0.3, -0.25) is 9.80 Å². The summed E-state index contributed by atoms with van der Waals surface area (Å²) in [6.07, 6.45) is 2.82. The molecule has 0 bridgehead atoms. The molecule has 0 spiro atoms. The van der Waals surface area contributed by atoms with Crippen LogP contribution in [0.1, 0.15) is 25.3 Å². The zero-order chi connectivity index (χ0) is 16.4. The summed E-state index contributed by atoms with van der Waals surface area (Å²) in [6, 6.07) is 20.0. The van der Waals surface area contributed by atoms with Crippen molar-refractivity contribution in [3.63, 3.8) is 0 Å². The largest absolute Gasteiger partial charge is 0.457 e. The minimum Gasteiger partial charge on any atom is -0.457 e. The lowest BCUT2D eigenvalue weighted by Crippen LogP contribution is -2.51. The highest BCUT2D eigenvalue weighted by atomic mass is 16.5. The van der Waals surface area contributed by atoms with Crippen molar-refractivity contribution in [3.8, 4) is 11.5 Å². The highest BCUT2D eigenvalue weighted by Crippen LogP contribution is 2.29. The summed E-state index contributed by atoms with van der Waals surface area (Å²) < 4.78 is 5.97. The van der Waals surface area contributed by atoms with Crippen molar-refractivity contribution < 1.29 is 4.74 Å². The van der Waals surface area contributed by atoms with Crippen molar-refractivity contribution in [1.82, 2.24) is 9.80 Å². The summed E-state index contributed by atoms with van der Waals surface area (Å²) >= 11 is 0. The molecule has 0 amide bonds. The molecule has 2 fully saturated rings. The summed E-state index contributed by atoms with van der Waals surface area (Å²) in [6.45, 7) is 6.96. The molecule has 1 aliphatic heterocycles. The summed E-state index contributed by atoms with van der Waals surface area (Å²) in [7, 11) is 0. The van der Waals surface area contributed by atoms with Crippen molar-refractivity contribution >= 4 is 0 Å². The van der Waals surface area contributed by atoms with Gasteiger partial charge in [-0.15, -0.1) is 0 Å². The normalized spacial score (nSPS) is 22.5.